The van der Waals surface area contributed by atoms with Crippen LogP contribution in [0.1, 0.15) is 10.5 Å². The highest BCUT2D eigenvalue weighted by atomic mass is 79.9. The molecule has 0 fully saturated rings. The Morgan fingerprint density at radius 3 is 2.53 bits per heavy atom. The number of carboxylic acids is 1. The van der Waals surface area contributed by atoms with Crippen molar-refractivity contribution < 1.29 is 14.3 Å². The number of aromatic nitrogens is 2. The summed E-state index contributed by atoms with van der Waals surface area (Å²) in [6.07, 6.45) is 0. The van der Waals surface area contributed by atoms with Gasteiger partial charge in [0.2, 0.25) is 0 Å². The second kappa shape index (κ2) is 4.46. The predicted molar refractivity (Wildman–Crippen MR) is 63.2 cm³/mol. The summed E-state index contributed by atoms with van der Waals surface area (Å²) in [6, 6.07) is 5.32. The van der Waals surface area contributed by atoms with Crippen LogP contribution in [-0.2, 0) is 0 Å². The minimum Gasteiger partial charge on any atom is -0.476 e. The van der Waals surface area contributed by atoms with Crippen molar-refractivity contribution in [2.24, 2.45) is 0 Å². The minimum atomic E-state index is -1.21. The van der Waals surface area contributed by atoms with Crippen molar-refractivity contribution in [3.8, 4) is 5.69 Å². The van der Waals surface area contributed by atoms with E-state index in [1.165, 1.54) is 28.8 Å². The van der Waals surface area contributed by atoms with Crippen molar-refractivity contribution in [1.29, 1.82) is 0 Å². The molecule has 1 heterocycles. The number of aromatic carboxylic acids is 1. The lowest BCUT2D eigenvalue weighted by atomic mass is 10.3. The molecule has 2 aromatic rings. The van der Waals surface area contributed by atoms with E-state index in [0.29, 0.717) is 5.69 Å². The van der Waals surface area contributed by atoms with Gasteiger partial charge in [0.1, 0.15) is 5.82 Å². The van der Waals surface area contributed by atoms with Gasteiger partial charge >= 0.3 is 5.97 Å². The third-order valence-electron chi connectivity index (χ3n) is 2.08. The number of carboxylic acid groups (broad SMARTS) is 1. The van der Waals surface area contributed by atoms with Gasteiger partial charge in [0, 0.05) is 5.69 Å². The van der Waals surface area contributed by atoms with E-state index in [-0.39, 0.29) is 15.6 Å². The summed E-state index contributed by atoms with van der Waals surface area (Å²) in [5.74, 6) is -1.62. The monoisotopic (exact) mass is 318 g/mol. The fourth-order valence-corrected chi connectivity index (χ4v) is 2.29. The molecule has 0 amide bonds. The Bertz CT molecular complexity index is 583. The normalized spacial score (nSPS) is 10.5. The van der Waals surface area contributed by atoms with E-state index in [1.807, 2.05) is 0 Å². The van der Waals surface area contributed by atoms with Crippen molar-refractivity contribution >= 4 is 33.5 Å². The average molecular weight is 320 g/mol. The first-order valence-electron chi connectivity index (χ1n) is 4.43. The summed E-state index contributed by atoms with van der Waals surface area (Å²) in [5.41, 5.74) is 0.278. The van der Waals surface area contributed by atoms with E-state index >= 15 is 0 Å². The van der Waals surface area contributed by atoms with E-state index in [1.54, 1.807) is 0 Å². The average Bonchev–Trinajstić information content (AvgIpc) is 2.55. The highest BCUT2D eigenvalue weighted by molar-refractivity contribution is 9.10. The SMILES string of the molecule is O=C(O)c1c(Cl)nc(Br)n1-c1ccc(F)cc1. The van der Waals surface area contributed by atoms with Gasteiger partial charge in [-0.15, -0.1) is 0 Å². The number of carbonyl (C=O) groups is 1. The number of benzene rings is 1. The molecule has 88 valence electrons. The maximum Gasteiger partial charge on any atom is 0.356 e. The number of rotatable bonds is 2. The standard InChI is InChI=1S/C10H5BrClFN2O2/c11-10-14-8(12)7(9(16)17)15(10)6-3-1-5(13)2-4-6/h1-4H,(H,16,17). The van der Waals surface area contributed by atoms with Gasteiger partial charge in [-0.3, -0.25) is 4.57 Å². The van der Waals surface area contributed by atoms with E-state index in [0.717, 1.165) is 0 Å². The third kappa shape index (κ3) is 2.18. The van der Waals surface area contributed by atoms with Crippen LogP contribution in [0.3, 0.4) is 0 Å². The van der Waals surface area contributed by atoms with Gasteiger partial charge in [-0.05, 0) is 40.2 Å². The zero-order valence-corrected chi connectivity index (χ0v) is 10.5. The van der Waals surface area contributed by atoms with Crippen LogP contribution in [0.5, 0.6) is 0 Å². The summed E-state index contributed by atoms with van der Waals surface area (Å²) in [5, 5.41) is 8.90. The second-order valence-electron chi connectivity index (χ2n) is 3.14. The molecular weight excluding hydrogens is 314 g/mol. The van der Waals surface area contributed by atoms with Gasteiger partial charge in [-0.1, -0.05) is 11.6 Å². The van der Waals surface area contributed by atoms with Gasteiger partial charge in [-0.25, -0.2) is 14.2 Å². The van der Waals surface area contributed by atoms with Gasteiger partial charge in [0.25, 0.3) is 0 Å². The molecule has 0 aliphatic carbocycles. The van der Waals surface area contributed by atoms with Crippen LogP contribution in [0.4, 0.5) is 4.39 Å². The van der Waals surface area contributed by atoms with Crippen LogP contribution >= 0.6 is 27.5 Å². The van der Waals surface area contributed by atoms with E-state index in [2.05, 4.69) is 20.9 Å². The third-order valence-corrected chi connectivity index (χ3v) is 2.88. The molecule has 0 saturated carbocycles. The fraction of sp³-hybridized carbons (Fsp3) is 0. The first-order valence-corrected chi connectivity index (χ1v) is 5.61. The van der Waals surface area contributed by atoms with Crippen molar-refractivity contribution in [2.45, 2.75) is 0 Å². The molecule has 7 heteroatoms. The lowest BCUT2D eigenvalue weighted by Gasteiger charge is -2.06. The van der Waals surface area contributed by atoms with E-state index in [9.17, 15) is 9.18 Å². The van der Waals surface area contributed by atoms with Crippen molar-refractivity contribution in [3.05, 3.63) is 45.7 Å². The molecule has 0 aliphatic heterocycles. The quantitative estimate of drug-likeness (QED) is 0.925. The zero-order valence-electron chi connectivity index (χ0n) is 8.19. The first kappa shape index (κ1) is 12.1. The zero-order chi connectivity index (χ0) is 12.6. The number of halogens is 3. The van der Waals surface area contributed by atoms with E-state index < -0.39 is 11.8 Å². The van der Waals surface area contributed by atoms with Crippen LogP contribution in [0, 0.1) is 5.82 Å². The Morgan fingerprint density at radius 1 is 1.41 bits per heavy atom. The molecule has 0 unspecified atom stereocenters. The Hall–Kier alpha value is -1.40. The lowest BCUT2D eigenvalue weighted by molar-refractivity contribution is 0.0688. The summed E-state index contributed by atoms with van der Waals surface area (Å²) >= 11 is 8.81. The summed E-state index contributed by atoms with van der Waals surface area (Å²) in [6.45, 7) is 0. The van der Waals surface area contributed by atoms with Crippen LogP contribution < -0.4 is 0 Å². The Labute approximate surface area is 109 Å². The molecule has 0 aliphatic rings. The summed E-state index contributed by atoms with van der Waals surface area (Å²) in [7, 11) is 0. The Kier molecular flexibility index (Phi) is 3.17. The van der Waals surface area contributed by atoms with Crippen LogP contribution in [0.25, 0.3) is 5.69 Å². The molecule has 0 atom stereocenters. The lowest BCUT2D eigenvalue weighted by Crippen LogP contribution is -2.07. The minimum absolute atomic E-state index is 0.131. The smallest absolute Gasteiger partial charge is 0.356 e. The molecule has 0 spiro atoms. The van der Waals surface area contributed by atoms with Gasteiger partial charge in [-0.2, -0.15) is 0 Å². The topological polar surface area (TPSA) is 55.1 Å². The molecule has 17 heavy (non-hydrogen) atoms. The van der Waals surface area contributed by atoms with Crippen molar-refractivity contribution in [1.82, 2.24) is 9.55 Å². The molecular formula is C10H5BrClFN2O2. The molecule has 0 radical (unpaired) electrons. The fourth-order valence-electron chi connectivity index (χ4n) is 1.38. The van der Waals surface area contributed by atoms with Crippen LogP contribution in [-0.4, -0.2) is 20.6 Å². The predicted octanol–water partition coefficient (Wildman–Crippen LogP) is 3.13. The van der Waals surface area contributed by atoms with Crippen molar-refractivity contribution in [3.63, 3.8) is 0 Å². The molecule has 2 rings (SSSR count). The molecule has 0 saturated heterocycles. The number of hydrogen-bond acceptors (Lipinski definition) is 2. The summed E-state index contributed by atoms with van der Waals surface area (Å²) < 4.78 is 14.3. The van der Waals surface area contributed by atoms with Gasteiger partial charge in [0.05, 0.1) is 0 Å². The van der Waals surface area contributed by atoms with Gasteiger partial charge < -0.3 is 5.11 Å². The maximum atomic E-state index is 12.8. The highest BCUT2D eigenvalue weighted by Crippen LogP contribution is 2.25. The second-order valence-corrected chi connectivity index (χ2v) is 4.20. The number of hydrogen-bond donors (Lipinski definition) is 1. The van der Waals surface area contributed by atoms with Gasteiger partial charge in [0.15, 0.2) is 15.6 Å². The molecule has 1 aromatic heterocycles. The Balaban J connectivity index is 2.66. The molecule has 1 N–H and O–H groups in total. The molecule has 0 bridgehead atoms. The van der Waals surface area contributed by atoms with Crippen molar-refractivity contribution in [2.75, 3.05) is 0 Å². The number of nitrogens with zero attached hydrogens (tertiary/aromatic N) is 2. The summed E-state index contributed by atoms with van der Waals surface area (Å²) in [4.78, 5) is 14.9. The maximum absolute atomic E-state index is 12.8. The Morgan fingerprint density at radius 2 is 2.00 bits per heavy atom. The molecule has 4 nitrogen and oxygen atoms in total. The first-order chi connectivity index (χ1) is 8.00. The van der Waals surface area contributed by atoms with E-state index in [4.69, 9.17) is 16.7 Å². The van der Waals surface area contributed by atoms with Crippen LogP contribution in [0.2, 0.25) is 5.15 Å². The highest BCUT2D eigenvalue weighted by Gasteiger charge is 2.21. The molecule has 1 aromatic carbocycles. The largest absolute Gasteiger partial charge is 0.476 e. The van der Waals surface area contributed by atoms with Crippen LogP contribution in [0.15, 0.2) is 29.0 Å². The number of imidazole rings is 1.